The van der Waals surface area contributed by atoms with Crippen molar-refractivity contribution < 1.29 is 9.53 Å². The van der Waals surface area contributed by atoms with E-state index >= 15 is 0 Å². The summed E-state index contributed by atoms with van der Waals surface area (Å²) in [5, 5.41) is 0. The van der Waals surface area contributed by atoms with Gasteiger partial charge in [-0.05, 0) is 43.9 Å². The molecule has 2 heterocycles. The number of para-hydroxylation sites is 1. The van der Waals surface area contributed by atoms with Crippen molar-refractivity contribution in [3.05, 3.63) is 42.2 Å². The Morgan fingerprint density at radius 3 is 2.65 bits per heavy atom. The molecule has 1 fully saturated rings. The number of allylic oxidation sites excluding steroid dienone is 1. The Morgan fingerprint density at radius 2 is 1.80 bits per heavy atom. The first-order chi connectivity index (χ1) is 9.84. The van der Waals surface area contributed by atoms with E-state index < -0.39 is 0 Å². The molecule has 0 N–H and O–H groups in total. The minimum absolute atomic E-state index is 0.269. The van der Waals surface area contributed by atoms with Gasteiger partial charge in [0.15, 0.2) is 0 Å². The van der Waals surface area contributed by atoms with Gasteiger partial charge in [-0.3, -0.25) is 4.90 Å². The first-order valence-corrected chi connectivity index (χ1v) is 7.34. The van der Waals surface area contributed by atoms with Crippen LogP contribution < -0.4 is 4.74 Å². The number of ether oxygens (including phenoxy) is 1. The van der Waals surface area contributed by atoms with Crippen LogP contribution in [0.25, 0.3) is 0 Å². The van der Waals surface area contributed by atoms with E-state index in [0.717, 1.165) is 38.3 Å². The van der Waals surface area contributed by atoms with Gasteiger partial charge in [0.25, 0.3) is 0 Å². The Balaban J connectivity index is 1.74. The molecule has 20 heavy (non-hydrogen) atoms. The summed E-state index contributed by atoms with van der Waals surface area (Å²) in [5.74, 6) is 1.64. The normalized spacial score (nSPS) is 18.9. The average molecular weight is 272 g/mol. The summed E-state index contributed by atoms with van der Waals surface area (Å²) in [5.41, 5.74) is 0. The maximum absolute atomic E-state index is 12.4. The third-order valence-corrected chi connectivity index (χ3v) is 3.79. The van der Waals surface area contributed by atoms with Gasteiger partial charge >= 0.3 is 6.09 Å². The van der Waals surface area contributed by atoms with Crippen LogP contribution in [0.5, 0.6) is 5.75 Å². The fourth-order valence-electron chi connectivity index (χ4n) is 2.79. The van der Waals surface area contributed by atoms with E-state index in [0.29, 0.717) is 5.75 Å². The molecule has 0 aromatic heterocycles. The number of hydrogen-bond donors (Lipinski definition) is 0. The molecule has 4 heteroatoms. The van der Waals surface area contributed by atoms with Crippen molar-refractivity contribution in [3.63, 3.8) is 0 Å². The number of hydrogen-bond acceptors (Lipinski definition) is 3. The third kappa shape index (κ3) is 2.79. The molecule has 2 aliphatic heterocycles. The lowest BCUT2D eigenvalue weighted by Gasteiger charge is -2.38. The van der Waals surface area contributed by atoms with E-state index in [2.05, 4.69) is 11.0 Å². The molecule has 0 unspecified atom stereocenters. The minimum atomic E-state index is -0.269. The zero-order chi connectivity index (χ0) is 13.8. The van der Waals surface area contributed by atoms with Crippen molar-refractivity contribution in [1.82, 2.24) is 9.80 Å². The molecule has 0 atom stereocenters. The van der Waals surface area contributed by atoms with Crippen molar-refractivity contribution in [1.29, 1.82) is 0 Å². The summed E-state index contributed by atoms with van der Waals surface area (Å²) in [6.45, 7) is 2.83. The highest BCUT2D eigenvalue weighted by atomic mass is 16.6. The van der Waals surface area contributed by atoms with Gasteiger partial charge in [-0.25, -0.2) is 4.79 Å². The molecule has 1 saturated heterocycles. The van der Waals surface area contributed by atoms with E-state index in [-0.39, 0.29) is 6.09 Å². The minimum Gasteiger partial charge on any atom is -0.410 e. The second-order valence-electron chi connectivity index (χ2n) is 5.23. The van der Waals surface area contributed by atoms with Crippen molar-refractivity contribution in [3.8, 4) is 5.75 Å². The fraction of sp³-hybridized carbons (Fsp3) is 0.438. The van der Waals surface area contributed by atoms with Gasteiger partial charge in [-0.1, -0.05) is 18.2 Å². The van der Waals surface area contributed by atoms with Gasteiger partial charge in [-0.15, -0.1) is 0 Å². The van der Waals surface area contributed by atoms with Crippen LogP contribution in [0, 0.1) is 0 Å². The Kier molecular flexibility index (Phi) is 3.90. The Hall–Kier alpha value is -1.97. The van der Waals surface area contributed by atoms with Crippen molar-refractivity contribution in [2.24, 2.45) is 0 Å². The quantitative estimate of drug-likeness (QED) is 0.787. The molecular formula is C16H20N2O2. The summed E-state index contributed by atoms with van der Waals surface area (Å²) in [4.78, 5) is 16.5. The molecule has 106 valence electrons. The lowest BCUT2D eigenvalue weighted by molar-refractivity contribution is 0.125. The van der Waals surface area contributed by atoms with Crippen LogP contribution in [0.3, 0.4) is 0 Å². The van der Waals surface area contributed by atoms with Crippen LogP contribution in [0.1, 0.15) is 25.7 Å². The van der Waals surface area contributed by atoms with Gasteiger partial charge in [-0.2, -0.15) is 0 Å². The van der Waals surface area contributed by atoms with E-state index in [1.54, 1.807) is 17.0 Å². The smallest absolute Gasteiger partial charge is 0.410 e. The molecule has 0 aliphatic carbocycles. The topological polar surface area (TPSA) is 32.8 Å². The highest BCUT2D eigenvalue weighted by molar-refractivity contribution is 5.72. The van der Waals surface area contributed by atoms with E-state index in [4.69, 9.17) is 4.74 Å². The number of benzene rings is 1. The summed E-state index contributed by atoms with van der Waals surface area (Å²) < 4.78 is 5.46. The standard InChI is InChI=1S/C16H20N2O2/c19-16(20-14-8-3-1-4-9-14)18-13-7-12-17-11-6-2-5-10-15(17)18/h1,3-4,8-10H,2,5-7,11-13H2. The largest absolute Gasteiger partial charge is 0.420 e. The number of carbonyl (C=O) groups excluding carboxylic acids is 1. The van der Waals surface area contributed by atoms with Gasteiger partial charge in [0.05, 0.1) is 0 Å². The zero-order valence-electron chi connectivity index (χ0n) is 11.6. The molecule has 1 aromatic rings. The molecular weight excluding hydrogens is 252 g/mol. The Labute approximate surface area is 119 Å². The van der Waals surface area contributed by atoms with Crippen molar-refractivity contribution in [2.75, 3.05) is 19.6 Å². The monoisotopic (exact) mass is 272 g/mol. The van der Waals surface area contributed by atoms with E-state index in [9.17, 15) is 4.79 Å². The zero-order valence-corrected chi connectivity index (χ0v) is 11.6. The maximum atomic E-state index is 12.4. The predicted octanol–water partition coefficient (Wildman–Crippen LogP) is 3.22. The molecule has 1 aromatic carbocycles. The molecule has 3 rings (SSSR count). The van der Waals surface area contributed by atoms with Gasteiger partial charge in [0, 0.05) is 19.6 Å². The van der Waals surface area contributed by atoms with Crippen LogP contribution in [-0.2, 0) is 0 Å². The molecule has 0 saturated carbocycles. The van der Waals surface area contributed by atoms with Gasteiger partial charge < -0.3 is 9.64 Å². The second-order valence-corrected chi connectivity index (χ2v) is 5.23. The van der Waals surface area contributed by atoms with E-state index in [1.165, 1.54) is 12.8 Å². The van der Waals surface area contributed by atoms with Gasteiger partial charge in [0.1, 0.15) is 11.6 Å². The second kappa shape index (κ2) is 5.99. The highest BCUT2D eigenvalue weighted by Gasteiger charge is 2.28. The lowest BCUT2D eigenvalue weighted by Crippen LogP contribution is -2.46. The number of nitrogens with zero attached hydrogens (tertiary/aromatic N) is 2. The predicted molar refractivity (Wildman–Crippen MR) is 77.3 cm³/mol. The van der Waals surface area contributed by atoms with Crippen molar-refractivity contribution >= 4 is 6.09 Å². The Bertz CT molecular complexity index is 498. The number of fused-ring (bicyclic) bond motifs is 1. The summed E-state index contributed by atoms with van der Waals surface area (Å²) in [7, 11) is 0. The fourth-order valence-corrected chi connectivity index (χ4v) is 2.79. The highest BCUT2D eigenvalue weighted by Crippen LogP contribution is 2.24. The molecule has 2 aliphatic rings. The van der Waals surface area contributed by atoms with Gasteiger partial charge in [0.2, 0.25) is 0 Å². The molecule has 4 nitrogen and oxygen atoms in total. The van der Waals surface area contributed by atoms with E-state index in [1.807, 2.05) is 18.2 Å². The molecule has 1 amide bonds. The summed E-state index contributed by atoms with van der Waals surface area (Å²) in [6, 6.07) is 9.27. The molecule has 0 spiro atoms. The van der Waals surface area contributed by atoms with Crippen LogP contribution in [0.15, 0.2) is 42.2 Å². The van der Waals surface area contributed by atoms with Crippen LogP contribution in [0.2, 0.25) is 0 Å². The average Bonchev–Trinajstić information content (AvgIpc) is 2.73. The lowest BCUT2D eigenvalue weighted by atomic mass is 10.2. The number of rotatable bonds is 1. The first kappa shape index (κ1) is 13.0. The SMILES string of the molecule is O=C(Oc1ccccc1)N1CCCN2CCCCC=C21. The first-order valence-electron chi connectivity index (χ1n) is 7.34. The Morgan fingerprint density at radius 1 is 1.00 bits per heavy atom. The molecule has 0 radical (unpaired) electrons. The number of amides is 1. The van der Waals surface area contributed by atoms with Crippen LogP contribution in [-0.4, -0.2) is 35.5 Å². The maximum Gasteiger partial charge on any atom is 0.420 e. The molecule has 0 bridgehead atoms. The van der Waals surface area contributed by atoms with Crippen molar-refractivity contribution in [2.45, 2.75) is 25.7 Å². The summed E-state index contributed by atoms with van der Waals surface area (Å²) in [6.07, 6.45) is 6.35. The summed E-state index contributed by atoms with van der Waals surface area (Å²) >= 11 is 0. The number of carbonyl (C=O) groups is 1. The van der Waals surface area contributed by atoms with Crippen LogP contribution >= 0.6 is 0 Å². The van der Waals surface area contributed by atoms with Crippen LogP contribution in [0.4, 0.5) is 4.79 Å². The third-order valence-electron chi connectivity index (χ3n) is 3.79.